The first-order valence-electron chi connectivity index (χ1n) is 2.20. The van der Waals surface area contributed by atoms with E-state index in [0.29, 0.717) is 0 Å². The van der Waals surface area contributed by atoms with Crippen molar-refractivity contribution in [2.24, 2.45) is 5.73 Å². The smallest absolute Gasteiger partial charge is 0.550 e. The number of carbonyl (C=O) groups is 2. The Bertz CT molecular complexity index is 141. The van der Waals surface area contributed by atoms with Crippen molar-refractivity contribution in [1.82, 2.24) is 0 Å². The molecule has 10 heteroatoms. The zero-order valence-corrected chi connectivity index (χ0v) is 9.41. The molecule has 0 aromatic carbocycles. The van der Waals surface area contributed by atoms with Crippen molar-refractivity contribution in [2.75, 3.05) is 0 Å². The third kappa shape index (κ3) is 22.7. The maximum atomic E-state index is 9.71. The van der Waals surface area contributed by atoms with Crippen LogP contribution < -0.4 is 15.9 Å². The molecule has 0 saturated carbocycles. The van der Waals surface area contributed by atoms with Crippen LogP contribution in [-0.2, 0) is 9.59 Å². The standard InChI is InChI=1S/C4H7NO4.Ca.4H2O/c5-2(4(8)9)1-3(6)7;;;;;/h2H,1,5H2,(H,6,7)(H,8,9);;4*1H2/q;+2;;;;/p-2/t2-;;;;;/m1...../s1. The summed E-state index contributed by atoms with van der Waals surface area (Å²) < 4.78 is 0. The van der Waals surface area contributed by atoms with Gasteiger partial charge in [0.25, 0.3) is 0 Å². The average Bonchev–Trinajstić information content (AvgIpc) is 1.63. The molecule has 0 unspecified atom stereocenters. The SMILES string of the molecule is N[C@H](CC(=O)[O-])C(=O)[O-].O.O.O.O.[Ca+2]. The summed E-state index contributed by atoms with van der Waals surface area (Å²) in [5.74, 6) is -3.08. The number of carboxylic acids is 2. The van der Waals surface area contributed by atoms with Gasteiger partial charge in [-0.05, 0) is 0 Å². The Morgan fingerprint density at radius 3 is 1.43 bits per heavy atom. The largest absolute Gasteiger partial charge is 2.00 e. The molecule has 0 rings (SSSR count). The van der Waals surface area contributed by atoms with Crippen LogP contribution in [0.2, 0.25) is 0 Å². The van der Waals surface area contributed by atoms with Crippen LogP contribution in [0.15, 0.2) is 0 Å². The van der Waals surface area contributed by atoms with Gasteiger partial charge in [-0.15, -0.1) is 0 Å². The van der Waals surface area contributed by atoms with Crippen molar-refractivity contribution in [3.63, 3.8) is 0 Å². The van der Waals surface area contributed by atoms with Crippen LogP contribution in [0.4, 0.5) is 0 Å². The van der Waals surface area contributed by atoms with Gasteiger partial charge in [0.15, 0.2) is 0 Å². The minimum atomic E-state index is -1.58. The summed E-state index contributed by atoms with van der Waals surface area (Å²) in [6.07, 6.45) is -0.706. The Balaban J connectivity index is -0.0000000320. The van der Waals surface area contributed by atoms with Crippen molar-refractivity contribution < 1.29 is 41.7 Å². The first kappa shape index (κ1) is 37.0. The van der Waals surface area contributed by atoms with Crippen molar-refractivity contribution in [3.05, 3.63) is 0 Å². The van der Waals surface area contributed by atoms with Gasteiger partial charge in [0.2, 0.25) is 0 Å². The van der Waals surface area contributed by atoms with Gasteiger partial charge in [-0.3, -0.25) is 0 Å². The van der Waals surface area contributed by atoms with Crippen molar-refractivity contribution in [2.45, 2.75) is 12.5 Å². The molecule has 0 aromatic heterocycles. The molecule has 0 aromatic rings. The monoisotopic (exact) mass is 243 g/mol. The van der Waals surface area contributed by atoms with Crippen LogP contribution in [0, 0.1) is 0 Å². The van der Waals surface area contributed by atoms with Crippen LogP contribution >= 0.6 is 0 Å². The second-order valence-corrected chi connectivity index (χ2v) is 1.50. The fourth-order valence-electron chi connectivity index (χ4n) is 0.263. The molecule has 0 heterocycles. The second kappa shape index (κ2) is 18.7. The van der Waals surface area contributed by atoms with Crippen LogP contribution in [0.5, 0.6) is 0 Å². The number of aliphatic carboxylic acids is 2. The van der Waals surface area contributed by atoms with Crippen molar-refractivity contribution in [3.8, 4) is 0 Å². The van der Waals surface area contributed by atoms with Gasteiger partial charge in [0, 0.05) is 18.4 Å². The zero-order chi connectivity index (χ0) is 7.44. The number of carbonyl (C=O) groups excluding carboxylic acids is 2. The molecule has 0 spiro atoms. The first-order chi connectivity index (χ1) is 4.04. The van der Waals surface area contributed by atoms with Crippen LogP contribution in [0.25, 0.3) is 0 Å². The van der Waals surface area contributed by atoms with Gasteiger partial charge in [-0.1, -0.05) is 0 Å². The fraction of sp³-hybridized carbons (Fsp3) is 0.500. The normalized spacial score (nSPS) is 8.07. The Labute approximate surface area is 109 Å². The van der Waals surface area contributed by atoms with E-state index >= 15 is 0 Å². The number of carboxylic acid groups (broad SMARTS) is 2. The topological polar surface area (TPSA) is 232 Å². The van der Waals surface area contributed by atoms with E-state index in [2.05, 4.69) is 0 Å². The summed E-state index contributed by atoms with van der Waals surface area (Å²) in [7, 11) is 0. The first-order valence-corrected chi connectivity index (χ1v) is 2.20. The molecule has 0 bridgehead atoms. The maximum absolute atomic E-state index is 9.71. The van der Waals surface area contributed by atoms with Crippen molar-refractivity contribution in [1.29, 1.82) is 0 Å². The molecule has 0 aliphatic heterocycles. The van der Waals surface area contributed by atoms with E-state index in [4.69, 9.17) is 5.73 Å². The van der Waals surface area contributed by atoms with Gasteiger partial charge in [-0.2, -0.15) is 0 Å². The van der Waals surface area contributed by atoms with E-state index in [1.165, 1.54) is 0 Å². The van der Waals surface area contributed by atoms with E-state index in [-0.39, 0.29) is 59.6 Å². The predicted molar refractivity (Wildman–Crippen MR) is 42.8 cm³/mol. The van der Waals surface area contributed by atoms with Gasteiger partial charge >= 0.3 is 37.7 Å². The second-order valence-electron chi connectivity index (χ2n) is 1.50. The summed E-state index contributed by atoms with van der Waals surface area (Å²) in [5, 5.41) is 19.3. The number of nitrogens with two attached hydrogens (primary N) is 1. The molecule has 0 saturated heterocycles. The molecule has 0 aliphatic rings. The summed E-state index contributed by atoms with van der Waals surface area (Å²) in [6, 6.07) is -1.46. The molecule has 14 heavy (non-hydrogen) atoms. The molecule has 0 fully saturated rings. The van der Waals surface area contributed by atoms with Gasteiger partial charge < -0.3 is 47.4 Å². The number of rotatable bonds is 3. The van der Waals surface area contributed by atoms with Gasteiger partial charge in [0.1, 0.15) is 0 Å². The molecule has 0 radical (unpaired) electrons. The van der Waals surface area contributed by atoms with Gasteiger partial charge in [0.05, 0.1) is 5.97 Å². The van der Waals surface area contributed by atoms with E-state index in [9.17, 15) is 19.8 Å². The summed E-state index contributed by atoms with van der Waals surface area (Å²) in [5.41, 5.74) is 4.73. The molecule has 9 nitrogen and oxygen atoms in total. The van der Waals surface area contributed by atoms with Crippen molar-refractivity contribution >= 4 is 49.7 Å². The van der Waals surface area contributed by atoms with Gasteiger partial charge in [-0.25, -0.2) is 0 Å². The average molecular weight is 243 g/mol. The molecule has 0 aliphatic carbocycles. The Morgan fingerprint density at radius 1 is 1.07 bits per heavy atom. The minimum absolute atomic E-state index is 0. The molecule has 84 valence electrons. The van der Waals surface area contributed by atoms with Crippen LogP contribution in [0.3, 0.4) is 0 Å². The molecule has 10 N–H and O–H groups in total. The Kier molecular flexibility index (Phi) is 49.4. The van der Waals surface area contributed by atoms with E-state index in [1.807, 2.05) is 0 Å². The van der Waals surface area contributed by atoms with E-state index in [1.54, 1.807) is 0 Å². The van der Waals surface area contributed by atoms with E-state index < -0.39 is 24.4 Å². The van der Waals surface area contributed by atoms with Crippen LogP contribution in [0.1, 0.15) is 6.42 Å². The Morgan fingerprint density at radius 2 is 1.36 bits per heavy atom. The molecule has 0 amide bonds. The molecule has 1 atom stereocenters. The molecular weight excluding hydrogens is 230 g/mol. The number of hydrogen-bond acceptors (Lipinski definition) is 5. The predicted octanol–water partition coefficient (Wildman–Crippen LogP) is -7.48. The fourth-order valence-corrected chi connectivity index (χ4v) is 0.263. The minimum Gasteiger partial charge on any atom is -0.550 e. The summed E-state index contributed by atoms with van der Waals surface area (Å²) >= 11 is 0. The number of hydrogen-bond donors (Lipinski definition) is 1. The van der Waals surface area contributed by atoms with E-state index in [0.717, 1.165) is 0 Å². The maximum Gasteiger partial charge on any atom is 2.00 e. The summed E-state index contributed by atoms with van der Waals surface area (Å²) in [6.45, 7) is 0. The third-order valence-electron chi connectivity index (χ3n) is 0.689. The Hall–Kier alpha value is -0.000260. The third-order valence-corrected chi connectivity index (χ3v) is 0.689. The molecular formula is C4H13CaNO8. The summed E-state index contributed by atoms with van der Waals surface area (Å²) in [4.78, 5) is 19.3. The zero-order valence-electron chi connectivity index (χ0n) is 7.20. The quantitative estimate of drug-likeness (QED) is 0.474. The van der Waals surface area contributed by atoms with Crippen LogP contribution in [-0.4, -0.2) is 77.6 Å².